The van der Waals surface area contributed by atoms with Crippen LogP contribution in [0.5, 0.6) is 0 Å². The van der Waals surface area contributed by atoms with Gasteiger partial charge in [-0.05, 0) is 38.8 Å². The predicted octanol–water partition coefficient (Wildman–Crippen LogP) is 2.18. The lowest BCUT2D eigenvalue weighted by molar-refractivity contribution is -0.288. The van der Waals surface area contributed by atoms with Crippen LogP contribution in [0.25, 0.3) is 0 Å². The van der Waals surface area contributed by atoms with E-state index in [0.29, 0.717) is 0 Å². The fraction of sp³-hybridized carbons (Fsp3) is 0.538. The number of hydrogen-bond donors (Lipinski definition) is 1. The molecule has 0 saturated carbocycles. The SMILES string of the molecule is CC(O)C1(C)c2ccccc2C(C)(C)N1[O]. The predicted molar refractivity (Wildman–Crippen MR) is 61.0 cm³/mol. The normalized spacial score (nSPS) is 30.1. The van der Waals surface area contributed by atoms with Crippen molar-refractivity contribution >= 4 is 0 Å². The smallest absolute Gasteiger partial charge is 0.0982 e. The number of fused-ring (bicyclic) bond motifs is 1. The second-order valence-corrected chi connectivity index (χ2v) is 5.22. The zero-order valence-corrected chi connectivity index (χ0v) is 10.2. The van der Waals surface area contributed by atoms with E-state index < -0.39 is 17.2 Å². The van der Waals surface area contributed by atoms with Gasteiger partial charge in [0.2, 0.25) is 0 Å². The number of hydrogen-bond acceptors (Lipinski definition) is 2. The first-order valence-corrected chi connectivity index (χ1v) is 5.58. The molecule has 0 aliphatic carbocycles. The average molecular weight is 220 g/mol. The van der Waals surface area contributed by atoms with Crippen molar-refractivity contribution in [2.24, 2.45) is 0 Å². The lowest BCUT2D eigenvalue weighted by atomic mass is 9.86. The summed E-state index contributed by atoms with van der Waals surface area (Å²) < 4.78 is 0. The van der Waals surface area contributed by atoms with Crippen molar-refractivity contribution in [3.05, 3.63) is 35.4 Å². The molecule has 0 aromatic heterocycles. The van der Waals surface area contributed by atoms with Gasteiger partial charge in [-0.2, -0.15) is 0 Å². The fourth-order valence-electron chi connectivity index (χ4n) is 2.65. The summed E-state index contributed by atoms with van der Waals surface area (Å²) in [4.78, 5) is 0. The molecule has 87 valence electrons. The molecule has 3 nitrogen and oxygen atoms in total. The van der Waals surface area contributed by atoms with Crippen molar-refractivity contribution < 1.29 is 10.3 Å². The molecule has 0 bridgehead atoms. The summed E-state index contributed by atoms with van der Waals surface area (Å²) in [5, 5.41) is 23.3. The molecule has 0 saturated heterocycles. The number of benzene rings is 1. The number of hydroxylamine groups is 2. The molecule has 16 heavy (non-hydrogen) atoms. The average Bonchev–Trinajstić information content (AvgIpc) is 2.40. The van der Waals surface area contributed by atoms with Crippen LogP contribution in [-0.2, 0) is 16.3 Å². The van der Waals surface area contributed by atoms with Crippen LogP contribution in [0.2, 0.25) is 0 Å². The Labute approximate surface area is 96.3 Å². The summed E-state index contributed by atoms with van der Waals surface area (Å²) in [5.41, 5.74) is 0.515. The summed E-state index contributed by atoms with van der Waals surface area (Å²) in [6.45, 7) is 7.26. The fourth-order valence-corrected chi connectivity index (χ4v) is 2.65. The van der Waals surface area contributed by atoms with E-state index in [1.54, 1.807) is 13.8 Å². The summed E-state index contributed by atoms with van der Waals surface area (Å²) in [6, 6.07) is 7.74. The molecule has 1 aliphatic rings. The van der Waals surface area contributed by atoms with E-state index in [0.717, 1.165) is 16.2 Å². The molecule has 1 aromatic carbocycles. The Bertz CT molecular complexity index is 414. The monoisotopic (exact) mass is 220 g/mol. The van der Waals surface area contributed by atoms with Gasteiger partial charge in [0.1, 0.15) is 0 Å². The van der Waals surface area contributed by atoms with E-state index in [9.17, 15) is 10.3 Å². The largest absolute Gasteiger partial charge is 0.391 e. The van der Waals surface area contributed by atoms with Crippen LogP contribution >= 0.6 is 0 Å². The summed E-state index contributed by atoms with van der Waals surface area (Å²) in [6.07, 6.45) is -0.701. The molecule has 1 aliphatic heterocycles. The molecular formula is C13H18NO2. The van der Waals surface area contributed by atoms with Crippen molar-refractivity contribution in [2.75, 3.05) is 0 Å². The second-order valence-electron chi connectivity index (χ2n) is 5.22. The van der Waals surface area contributed by atoms with Crippen LogP contribution < -0.4 is 0 Å². The maximum Gasteiger partial charge on any atom is 0.0982 e. The summed E-state index contributed by atoms with van der Waals surface area (Å²) in [7, 11) is 0. The minimum absolute atomic E-state index is 0.581. The lowest BCUT2D eigenvalue weighted by Gasteiger charge is -2.37. The Morgan fingerprint density at radius 3 is 2.19 bits per heavy atom. The first-order chi connectivity index (χ1) is 7.33. The molecule has 3 heteroatoms. The zero-order chi connectivity index (χ0) is 12.1. The Morgan fingerprint density at radius 2 is 1.69 bits per heavy atom. The van der Waals surface area contributed by atoms with E-state index in [-0.39, 0.29) is 0 Å². The summed E-state index contributed by atoms with van der Waals surface area (Å²) in [5.74, 6) is 0. The van der Waals surface area contributed by atoms with Gasteiger partial charge >= 0.3 is 0 Å². The first kappa shape index (κ1) is 11.6. The minimum Gasteiger partial charge on any atom is -0.391 e. The molecule has 1 N–H and O–H groups in total. The van der Waals surface area contributed by atoms with E-state index in [1.165, 1.54) is 0 Å². The van der Waals surface area contributed by atoms with Crippen LogP contribution in [0, 0.1) is 0 Å². The maximum absolute atomic E-state index is 12.4. The highest BCUT2D eigenvalue weighted by molar-refractivity contribution is 5.43. The van der Waals surface area contributed by atoms with Gasteiger partial charge < -0.3 is 5.11 Å². The van der Waals surface area contributed by atoms with Gasteiger partial charge in [0.05, 0.1) is 17.2 Å². The highest BCUT2D eigenvalue weighted by Crippen LogP contribution is 2.49. The lowest BCUT2D eigenvalue weighted by Crippen LogP contribution is -2.49. The van der Waals surface area contributed by atoms with Gasteiger partial charge in [0, 0.05) is 0 Å². The van der Waals surface area contributed by atoms with Crippen LogP contribution in [0.4, 0.5) is 0 Å². The third-order valence-corrected chi connectivity index (χ3v) is 3.87. The third kappa shape index (κ3) is 1.19. The van der Waals surface area contributed by atoms with Crippen LogP contribution in [0.3, 0.4) is 0 Å². The Balaban J connectivity index is 2.69. The van der Waals surface area contributed by atoms with Crippen LogP contribution in [0.1, 0.15) is 38.8 Å². The molecule has 0 spiro atoms. The highest BCUT2D eigenvalue weighted by atomic mass is 16.5. The van der Waals surface area contributed by atoms with Crippen molar-refractivity contribution in [1.29, 1.82) is 0 Å². The highest BCUT2D eigenvalue weighted by Gasteiger charge is 2.54. The van der Waals surface area contributed by atoms with E-state index in [2.05, 4.69) is 0 Å². The molecule has 1 aromatic rings. The number of nitrogens with zero attached hydrogens (tertiary/aromatic N) is 1. The molecule has 0 fully saturated rings. The van der Waals surface area contributed by atoms with Crippen molar-refractivity contribution in [2.45, 2.75) is 44.9 Å². The molecule has 1 heterocycles. The van der Waals surface area contributed by atoms with E-state index >= 15 is 0 Å². The quantitative estimate of drug-likeness (QED) is 0.788. The zero-order valence-electron chi connectivity index (χ0n) is 10.2. The van der Waals surface area contributed by atoms with Gasteiger partial charge in [-0.25, -0.2) is 0 Å². The van der Waals surface area contributed by atoms with Crippen molar-refractivity contribution in [1.82, 2.24) is 5.06 Å². The molecule has 2 atom stereocenters. The Morgan fingerprint density at radius 1 is 1.19 bits per heavy atom. The van der Waals surface area contributed by atoms with E-state index in [4.69, 9.17) is 0 Å². The van der Waals surface area contributed by atoms with Gasteiger partial charge in [0.25, 0.3) is 0 Å². The molecule has 2 rings (SSSR count). The van der Waals surface area contributed by atoms with Gasteiger partial charge in [-0.15, -0.1) is 10.3 Å². The Kier molecular flexibility index (Phi) is 2.38. The first-order valence-electron chi connectivity index (χ1n) is 5.58. The number of aliphatic hydroxyl groups is 1. The summed E-state index contributed by atoms with van der Waals surface area (Å²) >= 11 is 0. The van der Waals surface area contributed by atoms with Gasteiger partial charge in [0.15, 0.2) is 0 Å². The minimum atomic E-state index is -0.847. The molecule has 0 amide bonds. The van der Waals surface area contributed by atoms with Gasteiger partial charge in [-0.1, -0.05) is 24.3 Å². The second kappa shape index (κ2) is 3.29. The Hall–Kier alpha value is -0.900. The molecular weight excluding hydrogens is 202 g/mol. The molecule has 2 unspecified atom stereocenters. The molecule has 1 radical (unpaired) electrons. The standard InChI is InChI=1S/C13H18NO2/c1-9(15)13(4)11-8-6-5-7-10(11)12(2,3)14(13)16/h5-9,15H,1-4H3. The number of aliphatic hydroxyl groups excluding tert-OH is 1. The van der Waals surface area contributed by atoms with Crippen LogP contribution in [-0.4, -0.2) is 16.3 Å². The topological polar surface area (TPSA) is 43.4 Å². The van der Waals surface area contributed by atoms with E-state index in [1.807, 2.05) is 38.1 Å². The van der Waals surface area contributed by atoms with Crippen molar-refractivity contribution in [3.63, 3.8) is 0 Å². The van der Waals surface area contributed by atoms with Crippen molar-refractivity contribution in [3.8, 4) is 0 Å². The number of rotatable bonds is 1. The third-order valence-electron chi connectivity index (χ3n) is 3.87. The van der Waals surface area contributed by atoms with Gasteiger partial charge in [-0.3, -0.25) is 0 Å². The maximum atomic E-state index is 12.4. The van der Waals surface area contributed by atoms with Crippen LogP contribution in [0.15, 0.2) is 24.3 Å².